The van der Waals surface area contributed by atoms with Crippen LogP contribution < -0.4 is 14.8 Å². The highest BCUT2D eigenvalue weighted by Crippen LogP contribution is 2.46. The maximum atomic E-state index is 10.1. The third-order valence-corrected chi connectivity index (χ3v) is 3.02. The summed E-state index contributed by atoms with van der Waals surface area (Å²) in [4.78, 5) is 0. The van der Waals surface area contributed by atoms with Gasteiger partial charge in [-0.1, -0.05) is 11.6 Å². The van der Waals surface area contributed by atoms with E-state index in [0.717, 1.165) is 6.42 Å². The number of ether oxygens (including phenoxy) is 2. The number of rotatable bonds is 3. The Balaban J connectivity index is 2.50. The van der Waals surface area contributed by atoms with Crippen molar-refractivity contribution in [2.45, 2.75) is 12.5 Å². The van der Waals surface area contributed by atoms with Gasteiger partial charge in [-0.3, -0.25) is 0 Å². The highest BCUT2D eigenvalue weighted by molar-refractivity contribution is 6.32. The summed E-state index contributed by atoms with van der Waals surface area (Å²) >= 11 is 5.93. The summed E-state index contributed by atoms with van der Waals surface area (Å²) in [6.07, 6.45) is -0.168. The molecule has 0 saturated heterocycles. The number of aromatic hydroxyl groups is 1. The number of aliphatic hydroxyl groups is 1. The third-order valence-electron chi connectivity index (χ3n) is 2.73. The van der Waals surface area contributed by atoms with Crippen molar-refractivity contribution in [2.75, 3.05) is 26.8 Å². The number of hydrogen-bond acceptors (Lipinski definition) is 5. The largest absolute Gasteiger partial charge is 0.506 e. The molecule has 0 aromatic heterocycles. The van der Waals surface area contributed by atoms with Crippen molar-refractivity contribution in [1.82, 2.24) is 5.32 Å². The monoisotopic (exact) mass is 273 g/mol. The number of phenols is 1. The molecule has 1 atom stereocenters. The summed E-state index contributed by atoms with van der Waals surface area (Å²) in [6, 6.07) is 1.51. The Kier molecular flexibility index (Phi) is 4.16. The first-order valence-electron chi connectivity index (χ1n) is 5.78. The Morgan fingerprint density at radius 2 is 2.17 bits per heavy atom. The molecular weight excluding hydrogens is 258 g/mol. The molecule has 1 aliphatic heterocycles. The van der Waals surface area contributed by atoms with Gasteiger partial charge in [0, 0.05) is 19.0 Å². The van der Waals surface area contributed by atoms with Crippen LogP contribution in [0.25, 0.3) is 0 Å². The van der Waals surface area contributed by atoms with E-state index in [1.165, 1.54) is 6.07 Å². The standard InChI is InChI=1S/C12H16ClNO4/c1-14-6-8(15)10-11(16)7(13)5-9-12(10)18-4-2-3-17-9/h5,8,14-16H,2-4,6H2,1H3. The molecule has 1 aliphatic rings. The van der Waals surface area contributed by atoms with E-state index in [1.807, 2.05) is 0 Å². The fourth-order valence-corrected chi connectivity index (χ4v) is 2.09. The lowest BCUT2D eigenvalue weighted by atomic mass is 10.1. The Bertz CT molecular complexity index is 439. The summed E-state index contributed by atoms with van der Waals surface area (Å²) < 4.78 is 11.1. The summed E-state index contributed by atoms with van der Waals surface area (Å²) in [6.45, 7) is 1.28. The predicted octanol–water partition coefficient (Wildman–Crippen LogP) is 1.46. The SMILES string of the molecule is CNCC(O)c1c(O)c(Cl)cc2c1OCCCO2. The molecule has 5 nitrogen and oxygen atoms in total. The summed E-state index contributed by atoms with van der Waals surface area (Å²) in [5.41, 5.74) is 0.272. The van der Waals surface area contributed by atoms with Crippen LogP contribution in [0, 0.1) is 0 Å². The number of likely N-dealkylation sites (N-methyl/N-ethyl adjacent to an activating group) is 1. The first-order valence-corrected chi connectivity index (χ1v) is 6.16. The van der Waals surface area contributed by atoms with Gasteiger partial charge in [-0.25, -0.2) is 0 Å². The predicted molar refractivity (Wildman–Crippen MR) is 67.6 cm³/mol. The highest BCUT2D eigenvalue weighted by Gasteiger charge is 2.25. The lowest BCUT2D eigenvalue weighted by Gasteiger charge is -2.19. The first-order chi connectivity index (χ1) is 8.65. The van der Waals surface area contributed by atoms with Gasteiger partial charge in [0.15, 0.2) is 11.5 Å². The maximum Gasteiger partial charge on any atom is 0.170 e. The molecule has 0 spiro atoms. The zero-order valence-corrected chi connectivity index (χ0v) is 10.8. The Labute approximate surface area is 110 Å². The molecule has 1 heterocycles. The molecule has 0 fully saturated rings. The second-order valence-corrected chi connectivity index (χ2v) is 4.48. The van der Waals surface area contributed by atoms with E-state index in [2.05, 4.69) is 5.32 Å². The fraction of sp³-hybridized carbons (Fsp3) is 0.500. The summed E-state index contributed by atoms with van der Waals surface area (Å²) in [5.74, 6) is 0.668. The molecule has 6 heteroatoms. The van der Waals surface area contributed by atoms with Crippen molar-refractivity contribution in [3.05, 3.63) is 16.7 Å². The minimum absolute atomic E-state index is 0.143. The minimum atomic E-state index is -0.913. The van der Waals surface area contributed by atoms with E-state index in [1.54, 1.807) is 7.05 Å². The van der Waals surface area contributed by atoms with Crippen LogP contribution in [0.1, 0.15) is 18.1 Å². The average molecular weight is 274 g/mol. The van der Waals surface area contributed by atoms with Crippen LogP contribution in [-0.2, 0) is 0 Å². The van der Waals surface area contributed by atoms with Gasteiger partial charge in [0.2, 0.25) is 0 Å². The molecule has 0 amide bonds. The molecule has 1 aromatic carbocycles. The van der Waals surface area contributed by atoms with Gasteiger partial charge in [-0.15, -0.1) is 0 Å². The maximum absolute atomic E-state index is 10.1. The summed E-state index contributed by atoms with van der Waals surface area (Å²) in [5, 5.41) is 23.0. The van der Waals surface area contributed by atoms with Crippen molar-refractivity contribution >= 4 is 11.6 Å². The van der Waals surface area contributed by atoms with Crippen LogP contribution in [0.15, 0.2) is 6.07 Å². The van der Waals surface area contributed by atoms with Crippen molar-refractivity contribution in [3.63, 3.8) is 0 Å². The molecule has 3 N–H and O–H groups in total. The number of nitrogens with one attached hydrogen (secondary N) is 1. The first kappa shape index (κ1) is 13.3. The molecule has 100 valence electrons. The van der Waals surface area contributed by atoms with E-state index in [9.17, 15) is 10.2 Å². The fourth-order valence-electron chi connectivity index (χ4n) is 1.89. The molecule has 18 heavy (non-hydrogen) atoms. The van der Waals surface area contributed by atoms with Gasteiger partial charge < -0.3 is 25.0 Å². The van der Waals surface area contributed by atoms with Gasteiger partial charge in [0.25, 0.3) is 0 Å². The molecule has 0 saturated carbocycles. The van der Waals surface area contributed by atoms with Crippen LogP contribution >= 0.6 is 11.6 Å². The van der Waals surface area contributed by atoms with Gasteiger partial charge in [0.05, 0.1) is 29.9 Å². The van der Waals surface area contributed by atoms with Crippen LogP contribution in [-0.4, -0.2) is 37.0 Å². The topological polar surface area (TPSA) is 71.0 Å². The minimum Gasteiger partial charge on any atom is -0.506 e. The van der Waals surface area contributed by atoms with Crippen LogP contribution in [0.4, 0.5) is 0 Å². The molecule has 1 unspecified atom stereocenters. The van der Waals surface area contributed by atoms with Crippen molar-refractivity contribution in [2.24, 2.45) is 0 Å². The second-order valence-electron chi connectivity index (χ2n) is 4.07. The summed E-state index contributed by atoms with van der Waals surface area (Å²) in [7, 11) is 1.71. The number of phenolic OH excluding ortho intramolecular Hbond substituents is 1. The third kappa shape index (κ3) is 2.48. The molecule has 0 radical (unpaired) electrons. The number of fused-ring (bicyclic) bond motifs is 1. The van der Waals surface area contributed by atoms with Crippen molar-refractivity contribution in [3.8, 4) is 17.2 Å². The molecular formula is C12H16ClNO4. The van der Waals surface area contributed by atoms with E-state index in [-0.39, 0.29) is 22.9 Å². The molecule has 0 bridgehead atoms. The quantitative estimate of drug-likeness (QED) is 0.778. The van der Waals surface area contributed by atoms with Crippen molar-refractivity contribution in [1.29, 1.82) is 0 Å². The van der Waals surface area contributed by atoms with Gasteiger partial charge in [0.1, 0.15) is 5.75 Å². The lowest BCUT2D eigenvalue weighted by Crippen LogP contribution is -2.17. The van der Waals surface area contributed by atoms with Crippen molar-refractivity contribution < 1.29 is 19.7 Å². The highest BCUT2D eigenvalue weighted by atomic mass is 35.5. The van der Waals surface area contributed by atoms with E-state index >= 15 is 0 Å². The van der Waals surface area contributed by atoms with Gasteiger partial charge >= 0.3 is 0 Å². The number of hydrogen-bond donors (Lipinski definition) is 3. The smallest absolute Gasteiger partial charge is 0.170 e. The van der Waals surface area contributed by atoms with E-state index in [0.29, 0.717) is 24.7 Å². The Morgan fingerprint density at radius 1 is 1.44 bits per heavy atom. The van der Waals surface area contributed by atoms with Crippen LogP contribution in [0.5, 0.6) is 17.2 Å². The average Bonchev–Trinajstić information content (AvgIpc) is 2.56. The van der Waals surface area contributed by atoms with Crippen LogP contribution in [0.2, 0.25) is 5.02 Å². The number of aliphatic hydroxyl groups excluding tert-OH is 1. The van der Waals surface area contributed by atoms with Crippen LogP contribution in [0.3, 0.4) is 0 Å². The normalized spacial score (nSPS) is 16.2. The molecule has 0 aliphatic carbocycles. The Hall–Kier alpha value is -1.17. The van der Waals surface area contributed by atoms with E-state index < -0.39 is 6.10 Å². The Morgan fingerprint density at radius 3 is 2.89 bits per heavy atom. The zero-order valence-electron chi connectivity index (χ0n) is 10.1. The lowest BCUT2D eigenvalue weighted by molar-refractivity contribution is 0.167. The van der Waals surface area contributed by atoms with E-state index in [4.69, 9.17) is 21.1 Å². The molecule has 2 rings (SSSR count). The van der Waals surface area contributed by atoms with Gasteiger partial charge in [-0.2, -0.15) is 0 Å². The zero-order chi connectivity index (χ0) is 13.1. The van der Waals surface area contributed by atoms with Gasteiger partial charge in [-0.05, 0) is 7.05 Å². The second kappa shape index (κ2) is 5.65. The number of halogens is 1. The number of benzene rings is 1. The molecule has 1 aromatic rings.